The molecule has 166 valence electrons. The van der Waals surface area contributed by atoms with Crippen molar-refractivity contribution >= 4 is 46.3 Å². The maximum absolute atomic E-state index is 12.4. The molecule has 9 nitrogen and oxygen atoms in total. The minimum absolute atomic E-state index is 0.0756. The molecule has 0 aromatic heterocycles. The summed E-state index contributed by atoms with van der Waals surface area (Å²) in [6, 6.07) is 11.7. The number of thioether (sulfide) groups is 1. The number of fused-ring (bicyclic) bond motifs is 1. The molecule has 0 heterocycles. The van der Waals surface area contributed by atoms with Crippen molar-refractivity contribution in [3.8, 4) is 0 Å². The van der Waals surface area contributed by atoms with E-state index >= 15 is 0 Å². The lowest BCUT2D eigenvalue weighted by molar-refractivity contribution is -0.139. The standard InChI is InChI=1S/C21H25N3O6S/c22-16(21(29)30)8-9-18(25)24-17(20(28)23-10-19(26)27)12-31-11-14-6-3-5-13-4-1-2-7-15(13)14/h1-7,16-17H,8-12,22H2,(H,23,28)(H,24,25)(H,26,27)(H,29,30)/t16-,17+/m0/s1. The van der Waals surface area contributed by atoms with E-state index in [2.05, 4.69) is 10.6 Å². The van der Waals surface area contributed by atoms with E-state index in [1.165, 1.54) is 11.8 Å². The lowest BCUT2D eigenvalue weighted by Gasteiger charge is -2.18. The molecular formula is C21H25N3O6S. The minimum Gasteiger partial charge on any atom is -0.480 e. The second-order valence-electron chi connectivity index (χ2n) is 6.87. The molecule has 2 atom stereocenters. The summed E-state index contributed by atoms with van der Waals surface area (Å²) in [5, 5.41) is 24.6. The van der Waals surface area contributed by atoms with Gasteiger partial charge in [-0.05, 0) is 22.8 Å². The second-order valence-corrected chi connectivity index (χ2v) is 7.90. The summed E-state index contributed by atoms with van der Waals surface area (Å²) in [5.74, 6) is -2.76. The maximum Gasteiger partial charge on any atom is 0.322 e. The Morgan fingerprint density at radius 3 is 2.45 bits per heavy atom. The van der Waals surface area contributed by atoms with Gasteiger partial charge in [0.2, 0.25) is 11.8 Å². The first-order chi connectivity index (χ1) is 14.8. The second kappa shape index (κ2) is 11.9. The number of nitrogens with two attached hydrogens (primary N) is 1. The molecule has 2 amide bonds. The molecule has 6 N–H and O–H groups in total. The zero-order valence-electron chi connectivity index (χ0n) is 16.7. The molecular weight excluding hydrogens is 422 g/mol. The van der Waals surface area contributed by atoms with E-state index in [4.69, 9.17) is 15.9 Å². The van der Waals surface area contributed by atoms with Crippen LogP contribution in [0.15, 0.2) is 42.5 Å². The number of carboxylic acid groups (broad SMARTS) is 2. The molecule has 2 rings (SSSR count). The molecule has 0 unspecified atom stereocenters. The first kappa shape index (κ1) is 24.2. The topological polar surface area (TPSA) is 159 Å². The van der Waals surface area contributed by atoms with Gasteiger partial charge >= 0.3 is 11.9 Å². The van der Waals surface area contributed by atoms with Gasteiger partial charge in [0.25, 0.3) is 0 Å². The number of hydrogen-bond donors (Lipinski definition) is 5. The average Bonchev–Trinajstić information content (AvgIpc) is 2.75. The number of hydrogen-bond acceptors (Lipinski definition) is 6. The number of benzene rings is 2. The van der Waals surface area contributed by atoms with E-state index < -0.39 is 42.4 Å². The quantitative estimate of drug-likeness (QED) is 0.322. The van der Waals surface area contributed by atoms with E-state index in [9.17, 15) is 19.2 Å². The van der Waals surface area contributed by atoms with E-state index in [0.717, 1.165) is 16.3 Å². The van der Waals surface area contributed by atoms with Crippen molar-refractivity contribution in [3.63, 3.8) is 0 Å². The van der Waals surface area contributed by atoms with Crippen LogP contribution in [0.25, 0.3) is 10.8 Å². The lowest BCUT2D eigenvalue weighted by atomic mass is 10.1. The van der Waals surface area contributed by atoms with Gasteiger partial charge in [-0.15, -0.1) is 0 Å². The van der Waals surface area contributed by atoms with Gasteiger partial charge in [0, 0.05) is 17.9 Å². The van der Waals surface area contributed by atoms with Gasteiger partial charge in [-0.25, -0.2) is 0 Å². The Morgan fingerprint density at radius 1 is 1.03 bits per heavy atom. The molecule has 0 saturated heterocycles. The molecule has 0 spiro atoms. The van der Waals surface area contributed by atoms with Crippen LogP contribution in [-0.4, -0.2) is 58.3 Å². The summed E-state index contributed by atoms with van der Waals surface area (Å²) in [6.45, 7) is -0.566. The number of carboxylic acids is 2. The summed E-state index contributed by atoms with van der Waals surface area (Å²) in [5.41, 5.74) is 6.47. The largest absolute Gasteiger partial charge is 0.480 e. The SMILES string of the molecule is N[C@@H](CCC(=O)N[C@H](CSCc1cccc2ccccc12)C(=O)NCC(=O)O)C(=O)O. The average molecular weight is 448 g/mol. The summed E-state index contributed by atoms with van der Waals surface area (Å²) in [7, 11) is 0. The van der Waals surface area contributed by atoms with Gasteiger partial charge in [-0.3, -0.25) is 19.2 Å². The van der Waals surface area contributed by atoms with Crippen LogP contribution in [0.4, 0.5) is 0 Å². The highest BCUT2D eigenvalue weighted by molar-refractivity contribution is 7.98. The summed E-state index contributed by atoms with van der Waals surface area (Å²) in [4.78, 5) is 46.0. The predicted molar refractivity (Wildman–Crippen MR) is 118 cm³/mol. The zero-order valence-corrected chi connectivity index (χ0v) is 17.6. The van der Waals surface area contributed by atoms with Gasteiger partial charge in [0.1, 0.15) is 18.6 Å². The van der Waals surface area contributed by atoms with Gasteiger partial charge in [-0.2, -0.15) is 11.8 Å². The fourth-order valence-corrected chi connectivity index (χ4v) is 3.91. The molecule has 10 heteroatoms. The van der Waals surface area contributed by atoms with Crippen molar-refractivity contribution in [2.75, 3.05) is 12.3 Å². The Labute approximate surface area is 183 Å². The highest BCUT2D eigenvalue weighted by Gasteiger charge is 2.22. The third kappa shape index (κ3) is 7.91. The Hall–Kier alpha value is -3.11. The molecule has 0 aliphatic heterocycles. The van der Waals surface area contributed by atoms with Crippen molar-refractivity contribution in [1.29, 1.82) is 0 Å². The third-order valence-corrected chi connectivity index (χ3v) is 5.57. The Bertz CT molecular complexity index is 946. The normalized spacial score (nSPS) is 12.7. The summed E-state index contributed by atoms with van der Waals surface area (Å²) in [6.07, 6.45) is -0.238. The lowest BCUT2D eigenvalue weighted by Crippen LogP contribution is -2.49. The number of nitrogens with one attached hydrogen (secondary N) is 2. The highest BCUT2D eigenvalue weighted by atomic mass is 32.2. The molecule has 0 aliphatic carbocycles. The van der Waals surface area contributed by atoms with Crippen LogP contribution in [-0.2, 0) is 24.9 Å². The number of rotatable bonds is 12. The van der Waals surface area contributed by atoms with E-state index in [1.54, 1.807) is 0 Å². The van der Waals surface area contributed by atoms with Crippen molar-refractivity contribution in [2.45, 2.75) is 30.7 Å². The first-order valence-electron chi connectivity index (χ1n) is 9.59. The predicted octanol–water partition coefficient (Wildman–Crippen LogP) is 0.951. The molecule has 31 heavy (non-hydrogen) atoms. The Kier molecular flexibility index (Phi) is 9.29. The van der Waals surface area contributed by atoms with Gasteiger partial charge in [-0.1, -0.05) is 42.5 Å². The fourth-order valence-electron chi connectivity index (χ4n) is 2.85. The number of carbonyl (C=O) groups excluding carboxylic acids is 2. The van der Waals surface area contributed by atoms with Crippen LogP contribution in [0.5, 0.6) is 0 Å². The maximum atomic E-state index is 12.4. The van der Waals surface area contributed by atoms with Crippen molar-refractivity contribution in [2.24, 2.45) is 5.73 Å². The first-order valence-corrected chi connectivity index (χ1v) is 10.7. The molecule has 0 saturated carbocycles. The van der Waals surface area contributed by atoms with Crippen molar-refractivity contribution < 1.29 is 29.4 Å². The van der Waals surface area contributed by atoms with Crippen LogP contribution in [0.1, 0.15) is 18.4 Å². The third-order valence-electron chi connectivity index (χ3n) is 4.49. The van der Waals surface area contributed by atoms with Crippen LogP contribution in [0.2, 0.25) is 0 Å². The summed E-state index contributed by atoms with van der Waals surface area (Å²) >= 11 is 1.42. The Morgan fingerprint density at radius 2 is 1.74 bits per heavy atom. The Balaban J connectivity index is 1.98. The molecule has 2 aromatic carbocycles. The van der Waals surface area contributed by atoms with Crippen LogP contribution in [0, 0.1) is 0 Å². The van der Waals surface area contributed by atoms with E-state index in [0.29, 0.717) is 5.75 Å². The monoisotopic (exact) mass is 447 g/mol. The van der Waals surface area contributed by atoms with E-state index in [1.807, 2.05) is 42.5 Å². The molecule has 0 aliphatic rings. The number of amides is 2. The van der Waals surface area contributed by atoms with Gasteiger partial charge in [0.05, 0.1) is 0 Å². The zero-order chi connectivity index (χ0) is 22.8. The number of carbonyl (C=O) groups is 4. The van der Waals surface area contributed by atoms with Crippen molar-refractivity contribution in [3.05, 3.63) is 48.0 Å². The molecule has 2 aromatic rings. The van der Waals surface area contributed by atoms with Gasteiger partial charge < -0.3 is 26.6 Å². The van der Waals surface area contributed by atoms with Crippen molar-refractivity contribution in [1.82, 2.24) is 10.6 Å². The molecule has 0 radical (unpaired) electrons. The highest BCUT2D eigenvalue weighted by Crippen LogP contribution is 2.23. The smallest absolute Gasteiger partial charge is 0.322 e. The summed E-state index contributed by atoms with van der Waals surface area (Å²) < 4.78 is 0. The molecule has 0 bridgehead atoms. The molecule has 0 fully saturated rings. The van der Waals surface area contributed by atoms with Gasteiger partial charge in [0.15, 0.2) is 0 Å². The van der Waals surface area contributed by atoms with E-state index in [-0.39, 0.29) is 18.6 Å². The van der Waals surface area contributed by atoms with Crippen LogP contribution in [0.3, 0.4) is 0 Å². The van der Waals surface area contributed by atoms with Crippen LogP contribution >= 0.6 is 11.8 Å². The minimum atomic E-state index is -1.21. The fraction of sp³-hybridized carbons (Fsp3) is 0.333. The number of aliphatic carboxylic acids is 2. The van der Waals surface area contributed by atoms with Crippen LogP contribution < -0.4 is 16.4 Å².